The fourth-order valence-corrected chi connectivity index (χ4v) is 2.27. The molecule has 88 valence electrons. The number of hydrogen-bond acceptors (Lipinski definition) is 3. The van der Waals surface area contributed by atoms with E-state index < -0.39 is 5.82 Å². The summed E-state index contributed by atoms with van der Waals surface area (Å²) >= 11 is 0. The summed E-state index contributed by atoms with van der Waals surface area (Å²) in [5.74, 6) is -0.351. The molecule has 1 saturated heterocycles. The number of hydrogen-bond donors (Lipinski definition) is 2. The predicted octanol–water partition coefficient (Wildman–Crippen LogP) is 1.93. The van der Waals surface area contributed by atoms with Crippen molar-refractivity contribution in [1.82, 2.24) is 5.32 Å². The standard InChI is InChI=1S/C12H16FNO2/c1-7-9(8-3-4-14-6-8)5-10(13)12(16-2)11(7)15/h5,8,14-15H,3-4,6H2,1-2H3. The molecular weight excluding hydrogens is 209 g/mol. The van der Waals surface area contributed by atoms with E-state index in [0.717, 1.165) is 25.1 Å². The Bertz CT molecular complexity index is 400. The van der Waals surface area contributed by atoms with Crippen molar-refractivity contribution < 1.29 is 14.2 Å². The summed E-state index contributed by atoms with van der Waals surface area (Å²) in [7, 11) is 1.36. The quantitative estimate of drug-likeness (QED) is 0.808. The SMILES string of the molecule is COc1c(F)cc(C2CCNC2)c(C)c1O. The monoisotopic (exact) mass is 225 g/mol. The van der Waals surface area contributed by atoms with Gasteiger partial charge in [-0.15, -0.1) is 0 Å². The molecule has 2 rings (SSSR count). The molecule has 1 aliphatic rings. The summed E-state index contributed by atoms with van der Waals surface area (Å²) < 4.78 is 18.5. The largest absolute Gasteiger partial charge is 0.504 e. The maximum Gasteiger partial charge on any atom is 0.196 e. The summed E-state index contributed by atoms with van der Waals surface area (Å²) in [4.78, 5) is 0. The Labute approximate surface area is 94.2 Å². The first-order valence-corrected chi connectivity index (χ1v) is 5.41. The molecule has 1 unspecified atom stereocenters. The van der Waals surface area contributed by atoms with Crippen LogP contribution in [0.15, 0.2) is 6.07 Å². The fourth-order valence-electron chi connectivity index (χ4n) is 2.27. The van der Waals surface area contributed by atoms with Crippen LogP contribution in [0.3, 0.4) is 0 Å². The lowest BCUT2D eigenvalue weighted by atomic mass is 9.93. The third-order valence-electron chi connectivity index (χ3n) is 3.21. The lowest BCUT2D eigenvalue weighted by Crippen LogP contribution is -2.09. The second-order valence-electron chi connectivity index (χ2n) is 4.14. The fraction of sp³-hybridized carbons (Fsp3) is 0.500. The van der Waals surface area contributed by atoms with Gasteiger partial charge in [0.05, 0.1) is 7.11 Å². The second kappa shape index (κ2) is 4.29. The van der Waals surface area contributed by atoms with Crippen molar-refractivity contribution in [3.8, 4) is 11.5 Å². The van der Waals surface area contributed by atoms with Crippen LogP contribution < -0.4 is 10.1 Å². The van der Waals surface area contributed by atoms with Gasteiger partial charge >= 0.3 is 0 Å². The molecule has 0 bridgehead atoms. The van der Waals surface area contributed by atoms with Crippen LogP contribution >= 0.6 is 0 Å². The van der Waals surface area contributed by atoms with Crippen LogP contribution in [0, 0.1) is 12.7 Å². The number of phenolic OH excluding ortho intramolecular Hbond substituents is 1. The number of halogens is 1. The molecule has 1 fully saturated rings. The number of benzene rings is 1. The highest BCUT2D eigenvalue weighted by atomic mass is 19.1. The number of ether oxygens (including phenoxy) is 1. The minimum absolute atomic E-state index is 0.0628. The molecule has 16 heavy (non-hydrogen) atoms. The average molecular weight is 225 g/mol. The van der Waals surface area contributed by atoms with Crippen LogP contribution in [0.4, 0.5) is 4.39 Å². The van der Waals surface area contributed by atoms with E-state index in [2.05, 4.69) is 5.32 Å². The molecule has 0 amide bonds. The Morgan fingerprint density at radius 2 is 2.31 bits per heavy atom. The minimum atomic E-state index is -0.493. The van der Waals surface area contributed by atoms with Gasteiger partial charge < -0.3 is 15.2 Å². The highest BCUT2D eigenvalue weighted by Crippen LogP contribution is 2.38. The van der Waals surface area contributed by atoms with Crippen molar-refractivity contribution in [2.75, 3.05) is 20.2 Å². The molecule has 0 radical (unpaired) electrons. The summed E-state index contributed by atoms with van der Waals surface area (Å²) in [6, 6.07) is 1.48. The zero-order valence-electron chi connectivity index (χ0n) is 9.51. The Kier molecular flexibility index (Phi) is 3.01. The predicted molar refractivity (Wildman–Crippen MR) is 59.6 cm³/mol. The van der Waals surface area contributed by atoms with Crippen molar-refractivity contribution in [2.45, 2.75) is 19.3 Å². The van der Waals surface area contributed by atoms with Gasteiger partial charge in [-0.05, 0) is 43.0 Å². The first-order valence-electron chi connectivity index (χ1n) is 5.41. The third-order valence-corrected chi connectivity index (χ3v) is 3.21. The van der Waals surface area contributed by atoms with Gasteiger partial charge in [0.1, 0.15) is 0 Å². The summed E-state index contributed by atoms with van der Waals surface area (Å²) in [6.07, 6.45) is 0.978. The maximum atomic E-state index is 13.6. The van der Waals surface area contributed by atoms with E-state index in [1.54, 1.807) is 6.92 Å². The molecule has 1 atom stereocenters. The number of nitrogens with one attached hydrogen (secondary N) is 1. The molecule has 0 aliphatic carbocycles. The van der Waals surface area contributed by atoms with E-state index >= 15 is 0 Å². The van der Waals surface area contributed by atoms with Gasteiger partial charge in [0.15, 0.2) is 17.3 Å². The van der Waals surface area contributed by atoms with Gasteiger partial charge in [-0.3, -0.25) is 0 Å². The van der Waals surface area contributed by atoms with Crippen molar-refractivity contribution >= 4 is 0 Å². The number of rotatable bonds is 2. The first kappa shape index (κ1) is 11.2. The molecule has 3 nitrogen and oxygen atoms in total. The van der Waals surface area contributed by atoms with Crippen molar-refractivity contribution in [3.05, 3.63) is 23.0 Å². The van der Waals surface area contributed by atoms with E-state index in [1.165, 1.54) is 13.2 Å². The van der Waals surface area contributed by atoms with Gasteiger partial charge in [-0.25, -0.2) is 4.39 Å². The zero-order valence-corrected chi connectivity index (χ0v) is 9.51. The molecule has 4 heteroatoms. The van der Waals surface area contributed by atoms with E-state index in [1.807, 2.05) is 0 Å². The molecule has 0 spiro atoms. The number of aromatic hydroxyl groups is 1. The summed E-state index contributed by atoms with van der Waals surface area (Å²) in [5, 5.41) is 13.1. The van der Waals surface area contributed by atoms with E-state index in [9.17, 15) is 9.50 Å². The Hall–Kier alpha value is -1.29. The molecule has 1 aromatic carbocycles. The van der Waals surface area contributed by atoms with Gasteiger partial charge in [-0.2, -0.15) is 0 Å². The maximum absolute atomic E-state index is 13.6. The molecule has 1 aromatic rings. The normalized spacial score (nSPS) is 20.1. The van der Waals surface area contributed by atoms with Crippen LogP contribution in [-0.2, 0) is 0 Å². The Morgan fingerprint density at radius 1 is 1.56 bits per heavy atom. The van der Waals surface area contributed by atoms with Crippen LogP contribution in [-0.4, -0.2) is 25.3 Å². The molecule has 0 aromatic heterocycles. The smallest absolute Gasteiger partial charge is 0.196 e. The highest BCUT2D eigenvalue weighted by Gasteiger charge is 2.23. The molecular formula is C12H16FNO2. The Balaban J connectivity index is 2.46. The lowest BCUT2D eigenvalue weighted by molar-refractivity contribution is 0.348. The highest BCUT2D eigenvalue weighted by molar-refractivity contribution is 5.51. The van der Waals surface area contributed by atoms with Crippen molar-refractivity contribution in [3.63, 3.8) is 0 Å². The van der Waals surface area contributed by atoms with E-state index in [0.29, 0.717) is 5.56 Å². The third kappa shape index (κ3) is 1.73. The van der Waals surface area contributed by atoms with E-state index in [-0.39, 0.29) is 17.4 Å². The van der Waals surface area contributed by atoms with Crippen LogP contribution in [0.2, 0.25) is 0 Å². The van der Waals surface area contributed by atoms with Gasteiger partial charge in [0, 0.05) is 6.54 Å². The van der Waals surface area contributed by atoms with Gasteiger partial charge in [-0.1, -0.05) is 0 Å². The Morgan fingerprint density at radius 3 is 2.88 bits per heavy atom. The topological polar surface area (TPSA) is 41.5 Å². The first-order chi connectivity index (χ1) is 7.65. The number of phenols is 1. The lowest BCUT2D eigenvalue weighted by Gasteiger charge is -2.16. The molecule has 1 aliphatic heterocycles. The van der Waals surface area contributed by atoms with Gasteiger partial charge in [0.2, 0.25) is 0 Å². The van der Waals surface area contributed by atoms with Crippen LogP contribution in [0.5, 0.6) is 11.5 Å². The van der Waals surface area contributed by atoms with Crippen molar-refractivity contribution in [2.24, 2.45) is 0 Å². The van der Waals surface area contributed by atoms with Crippen LogP contribution in [0.1, 0.15) is 23.5 Å². The minimum Gasteiger partial charge on any atom is -0.504 e. The van der Waals surface area contributed by atoms with Crippen molar-refractivity contribution in [1.29, 1.82) is 0 Å². The summed E-state index contributed by atoms with van der Waals surface area (Å²) in [6.45, 7) is 3.58. The zero-order chi connectivity index (χ0) is 11.7. The molecule has 0 saturated carbocycles. The second-order valence-corrected chi connectivity index (χ2v) is 4.14. The average Bonchev–Trinajstić information content (AvgIpc) is 2.77. The van der Waals surface area contributed by atoms with Gasteiger partial charge in [0.25, 0.3) is 0 Å². The van der Waals surface area contributed by atoms with E-state index in [4.69, 9.17) is 4.74 Å². The molecule has 2 N–H and O–H groups in total. The molecule has 1 heterocycles. The van der Waals surface area contributed by atoms with Crippen LogP contribution in [0.25, 0.3) is 0 Å². The summed E-state index contributed by atoms with van der Waals surface area (Å²) in [5.41, 5.74) is 1.59. The number of methoxy groups -OCH3 is 1.